The van der Waals surface area contributed by atoms with Gasteiger partial charge in [0.2, 0.25) is 5.69 Å². The summed E-state index contributed by atoms with van der Waals surface area (Å²) in [5, 5.41) is 14.9. The van der Waals surface area contributed by atoms with Crippen LogP contribution in [-0.2, 0) is 16.1 Å². The molecule has 4 aliphatic rings. The summed E-state index contributed by atoms with van der Waals surface area (Å²) in [5.41, 5.74) is -0.0369. The van der Waals surface area contributed by atoms with Gasteiger partial charge >= 0.3 is 0 Å². The van der Waals surface area contributed by atoms with Crippen molar-refractivity contribution in [1.82, 2.24) is 9.78 Å². The lowest BCUT2D eigenvalue weighted by Gasteiger charge is -2.57. The summed E-state index contributed by atoms with van der Waals surface area (Å²) in [6, 6.07) is 0. The molecule has 1 aromatic heterocycles. The van der Waals surface area contributed by atoms with Crippen LogP contribution in [0.3, 0.4) is 0 Å². The topological polar surface area (TPSA) is 68.7 Å². The van der Waals surface area contributed by atoms with Gasteiger partial charge in [0.1, 0.15) is 0 Å². The van der Waals surface area contributed by atoms with Crippen molar-refractivity contribution in [2.75, 3.05) is 7.11 Å². The van der Waals surface area contributed by atoms with Crippen molar-refractivity contribution in [2.24, 2.45) is 40.9 Å². The highest BCUT2D eigenvalue weighted by Gasteiger charge is 2.62. The van der Waals surface area contributed by atoms with Crippen molar-refractivity contribution in [2.45, 2.75) is 83.5 Å². The molecule has 0 radical (unpaired) electrons. The normalized spacial score (nSPS) is 45.4. The van der Waals surface area contributed by atoms with E-state index in [1.807, 2.05) is 14.0 Å². The maximum atomic E-state index is 13.5. The molecule has 6 nitrogen and oxygen atoms in total. The molecule has 1 aromatic rings. The van der Waals surface area contributed by atoms with Crippen molar-refractivity contribution >= 4 is 11.5 Å². The van der Waals surface area contributed by atoms with Gasteiger partial charge in [-0.25, -0.2) is 4.85 Å². The molecule has 6 heteroatoms. The zero-order chi connectivity index (χ0) is 22.7. The van der Waals surface area contributed by atoms with Crippen LogP contribution < -0.4 is 0 Å². The van der Waals surface area contributed by atoms with Gasteiger partial charge < -0.3 is 9.84 Å². The fourth-order valence-corrected chi connectivity index (χ4v) is 8.62. The molecule has 1 unspecified atom stereocenters. The molecule has 0 saturated heterocycles. The number of ether oxygens (including phenoxy) is 1. The van der Waals surface area contributed by atoms with E-state index in [0.29, 0.717) is 29.4 Å². The molecule has 0 spiro atoms. The Morgan fingerprint density at radius 3 is 2.75 bits per heavy atom. The SMILES string of the molecule is [C-]#[N+]c1cnn(CC(=O)[C@H]2CC(OC)[C@H]3[C@@H]4CC[C@@H]5C[C@](C)(O)CC[C@@H]5[C@H]4CC[C@]23C)c1. The Morgan fingerprint density at radius 2 is 2.03 bits per heavy atom. The van der Waals surface area contributed by atoms with E-state index in [9.17, 15) is 9.90 Å². The maximum absolute atomic E-state index is 13.5. The number of aliphatic hydroxyl groups is 1. The van der Waals surface area contributed by atoms with Crippen LogP contribution in [0.2, 0.25) is 0 Å². The molecule has 0 amide bonds. The highest BCUT2D eigenvalue weighted by atomic mass is 16.5. The van der Waals surface area contributed by atoms with E-state index >= 15 is 0 Å². The van der Waals surface area contributed by atoms with Gasteiger partial charge in [0.15, 0.2) is 5.78 Å². The molecular weight excluding hydrogens is 402 g/mol. The first-order valence-corrected chi connectivity index (χ1v) is 12.4. The predicted molar refractivity (Wildman–Crippen MR) is 121 cm³/mol. The number of carbonyl (C=O) groups excluding carboxylic acids is 1. The molecule has 4 saturated carbocycles. The zero-order valence-corrected chi connectivity index (χ0v) is 19.7. The van der Waals surface area contributed by atoms with Gasteiger partial charge in [-0.3, -0.25) is 9.48 Å². The Labute approximate surface area is 191 Å². The third-order valence-electron chi connectivity index (χ3n) is 9.96. The molecular formula is C26H37N3O3. The van der Waals surface area contributed by atoms with Gasteiger partial charge in [-0.05, 0) is 93.3 Å². The van der Waals surface area contributed by atoms with Gasteiger partial charge in [0, 0.05) is 19.2 Å². The molecule has 0 bridgehead atoms. The smallest absolute Gasteiger partial charge is 0.224 e. The number of aromatic nitrogens is 2. The van der Waals surface area contributed by atoms with E-state index in [0.717, 1.165) is 38.0 Å². The summed E-state index contributed by atoms with van der Waals surface area (Å²) in [7, 11) is 1.82. The minimum atomic E-state index is -0.489. The molecule has 4 fully saturated rings. The second-order valence-electron chi connectivity index (χ2n) is 11.7. The van der Waals surface area contributed by atoms with Crippen LogP contribution in [0.25, 0.3) is 4.85 Å². The summed E-state index contributed by atoms with van der Waals surface area (Å²) < 4.78 is 7.69. The van der Waals surface area contributed by atoms with Gasteiger partial charge in [-0.15, -0.1) is 0 Å². The monoisotopic (exact) mass is 439 g/mol. The number of hydrogen-bond donors (Lipinski definition) is 1. The number of hydrogen-bond acceptors (Lipinski definition) is 4. The Morgan fingerprint density at radius 1 is 1.25 bits per heavy atom. The summed E-state index contributed by atoms with van der Waals surface area (Å²) >= 11 is 0. The number of nitrogens with zero attached hydrogens (tertiary/aromatic N) is 3. The first kappa shape index (κ1) is 22.1. The quantitative estimate of drug-likeness (QED) is 0.694. The first-order valence-electron chi connectivity index (χ1n) is 12.4. The second-order valence-corrected chi connectivity index (χ2v) is 11.7. The molecule has 0 aliphatic heterocycles. The predicted octanol–water partition coefficient (Wildman–Crippen LogP) is 4.65. The number of rotatable bonds is 4. The maximum Gasteiger partial charge on any atom is 0.224 e. The molecule has 174 valence electrons. The average molecular weight is 440 g/mol. The molecule has 5 rings (SSSR count). The standard InChI is InChI=1S/C26H37N3O3/c1-25(31)9-7-18-16(12-25)5-6-20-19(18)8-10-26(2)21(11-23(32-4)24(20)26)22(30)15-29-14-17(27-3)13-28-29/h13-14,16,18-21,23-24,31H,5-12,15H2,1-2,4H3/t16-,18+,19-,20-,21-,23?,24-,25-,26-/m1/s1. The molecule has 0 aromatic carbocycles. The van der Waals surface area contributed by atoms with Gasteiger partial charge in [0.25, 0.3) is 0 Å². The van der Waals surface area contributed by atoms with Crippen molar-refractivity contribution in [3.8, 4) is 0 Å². The van der Waals surface area contributed by atoms with E-state index in [-0.39, 0.29) is 29.8 Å². The Kier molecular flexibility index (Phi) is 5.49. The van der Waals surface area contributed by atoms with Gasteiger partial charge in [0.05, 0.1) is 31.0 Å². The van der Waals surface area contributed by atoms with Crippen LogP contribution in [0.15, 0.2) is 12.4 Å². The Balaban J connectivity index is 1.37. The van der Waals surface area contributed by atoms with Gasteiger partial charge in [-0.1, -0.05) is 6.92 Å². The van der Waals surface area contributed by atoms with E-state index in [4.69, 9.17) is 11.3 Å². The number of methoxy groups -OCH3 is 1. The number of fused-ring (bicyclic) bond motifs is 5. The lowest BCUT2D eigenvalue weighted by atomic mass is 9.48. The number of Topliss-reactive ketones (excluding diaryl/α,β-unsaturated/α-hetero) is 1. The fourth-order valence-electron chi connectivity index (χ4n) is 8.62. The number of carbonyl (C=O) groups is 1. The van der Waals surface area contributed by atoms with Crippen molar-refractivity contribution in [3.05, 3.63) is 23.8 Å². The second kappa shape index (κ2) is 7.95. The van der Waals surface area contributed by atoms with E-state index in [1.165, 1.54) is 25.5 Å². The highest BCUT2D eigenvalue weighted by molar-refractivity contribution is 5.82. The van der Waals surface area contributed by atoms with E-state index < -0.39 is 5.60 Å². The lowest BCUT2D eigenvalue weighted by Crippen LogP contribution is -2.52. The third-order valence-corrected chi connectivity index (χ3v) is 9.96. The summed E-state index contributed by atoms with van der Waals surface area (Å²) in [6.45, 7) is 11.7. The highest BCUT2D eigenvalue weighted by Crippen LogP contribution is 2.65. The largest absolute Gasteiger partial charge is 0.390 e. The molecule has 1 N–H and O–H groups in total. The first-order chi connectivity index (χ1) is 15.3. The average Bonchev–Trinajstić information content (AvgIpc) is 3.33. The molecule has 4 aliphatic carbocycles. The summed E-state index contributed by atoms with van der Waals surface area (Å²) in [6.07, 6.45) is 11.9. The van der Waals surface area contributed by atoms with Crippen molar-refractivity contribution in [1.29, 1.82) is 0 Å². The number of ketones is 1. The zero-order valence-electron chi connectivity index (χ0n) is 19.7. The van der Waals surface area contributed by atoms with Crippen LogP contribution in [0.5, 0.6) is 0 Å². The summed E-state index contributed by atoms with van der Waals surface area (Å²) in [5.74, 6) is 3.37. The fraction of sp³-hybridized carbons (Fsp3) is 0.808. The third kappa shape index (κ3) is 3.53. The van der Waals surface area contributed by atoms with Crippen LogP contribution in [-0.4, -0.2) is 39.5 Å². The molecule has 32 heavy (non-hydrogen) atoms. The minimum Gasteiger partial charge on any atom is -0.390 e. The van der Waals surface area contributed by atoms with Crippen LogP contribution in [0.4, 0.5) is 5.69 Å². The Bertz CT molecular complexity index is 918. The van der Waals surface area contributed by atoms with Crippen molar-refractivity contribution < 1.29 is 14.6 Å². The van der Waals surface area contributed by atoms with Crippen LogP contribution in [0, 0.1) is 47.5 Å². The van der Waals surface area contributed by atoms with Crippen molar-refractivity contribution in [3.63, 3.8) is 0 Å². The van der Waals surface area contributed by atoms with Gasteiger partial charge in [-0.2, -0.15) is 5.10 Å². The summed E-state index contributed by atoms with van der Waals surface area (Å²) in [4.78, 5) is 16.9. The van der Waals surface area contributed by atoms with E-state index in [1.54, 1.807) is 10.9 Å². The molecule has 9 atom stereocenters. The minimum absolute atomic E-state index is 0.0104. The van der Waals surface area contributed by atoms with Crippen LogP contribution >= 0.6 is 0 Å². The lowest BCUT2D eigenvalue weighted by molar-refractivity contribution is -0.136. The molecule has 1 heterocycles. The Hall–Kier alpha value is -1.71. The van der Waals surface area contributed by atoms with Crippen LogP contribution in [0.1, 0.15) is 65.2 Å². The van der Waals surface area contributed by atoms with E-state index in [2.05, 4.69) is 16.9 Å².